The van der Waals surface area contributed by atoms with E-state index in [-0.39, 0.29) is 11.2 Å². The van der Waals surface area contributed by atoms with E-state index < -0.39 is 0 Å². The van der Waals surface area contributed by atoms with Crippen molar-refractivity contribution in [1.29, 1.82) is 0 Å². The zero-order chi connectivity index (χ0) is 13.6. The van der Waals surface area contributed by atoms with Gasteiger partial charge in [-0.1, -0.05) is 29.8 Å². The Labute approximate surface area is 117 Å². The fourth-order valence-corrected chi connectivity index (χ4v) is 2.07. The lowest BCUT2D eigenvalue weighted by Gasteiger charge is -2.24. The van der Waals surface area contributed by atoms with Gasteiger partial charge in [0.15, 0.2) is 0 Å². The summed E-state index contributed by atoms with van der Waals surface area (Å²) < 4.78 is 19.1. The summed E-state index contributed by atoms with van der Waals surface area (Å²) in [5, 5.41) is 3.37. The molecule has 0 aliphatic rings. The molecule has 1 aromatic carbocycles. The van der Waals surface area contributed by atoms with E-state index in [0.717, 1.165) is 29.6 Å². The van der Waals surface area contributed by atoms with Crippen LogP contribution in [0.1, 0.15) is 25.8 Å². The third-order valence-electron chi connectivity index (χ3n) is 2.91. The number of hydrogen-bond donors (Lipinski definition) is 1. The standard InChI is InChI=1S/C14H21BrFNO/c1-14(2,6-7-18-3)10-17-9-11-8-12(16)4-5-13(11)15/h4-5,8,17H,6-7,9-10H2,1-3H3. The average molecular weight is 318 g/mol. The molecule has 0 fully saturated rings. The van der Waals surface area contributed by atoms with Crippen LogP contribution < -0.4 is 5.32 Å². The Bertz CT molecular complexity index is 382. The van der Waals surface area contributed by atoms with Crippen molar-refractivity contribution in [2.45, 2.75) is 26.8 Å². The lowest BCUT2D eigenvalue weighted by molar-refractivity contribution is 0.150. The number of nitrogens with one attached hydrogen (secondary N) is 1. The fraction of sp³-hybridized carbons (Fsp3) is 0.571. The van der Waals surface area contributed by atoms with Crippen LogP contribution in [0.5, 0.6) is 0 Å². The Hall–Kier alpha value is -0.450. The highest BCUT2D eigenvalue weighted by molar-refractivity contribution is 9.10. The average Bonchev–Trinajstić information content (AvgIpc) is 2.31. The highest BCUT2D eigenvalue weighted by Gasteiger charge is 2.16. The van der Waals surface area contributed by atoms with E-state index in [1.165, 1.54) is 6.07 Å². The van der Waals surface area contributed by atoms with Crippen molar-refractivity contribution < 1.29 is 9.13 Å². The molecule has 1 N–H and O–H groups in total. The maximum Gasteiger partial charge on any atom is 0.123 e. The molecule has 0 aromatic heterocycles. The molecule has 2 nitrogen and oxygen atoms in total. The molecule has 0 unspecified atom stereocenters. The lowest BCUT2D eigenvalue weighted by atomic mass is 9.89. The van der Waals surface area contributed by atoms with Gasteiger partial charge in [-0.3, -0.25) is 0 Å². The van der Waals surface area contributed by atoms with Crippen LogP contribution in [0.3, 0.4) is 0 Å². The monoisotopic (exact) mass is 317 g/mol. The summed E-state index contributed by atoms with van der Waals surface area (Å²) in [5.41, 5.74) is 1.12. The molecule has 18 heavy (non-hydrogen) atoms. The highest BCUT2D eigenvalue weighted by atomic mass is 79.9. The lowest BCUT2D eigenvalue weighted by Crippen LogP contribution is -2.30. The molecular formula is C14H21BrFNO. The highest BCUT2D eigenvalue weighted by Crippen LogP contribution is 2.20. The Morgan fingerprint density at radius 3 is 2.78 bits per heavy atom. The van der Waals surface area contributed by atoms with E-state index in [1.54, 1.807) is 19.2 Å². The number of ether oxygens (including phenoxy) is 1. The zero-order valence-electron chi connectivity index (χ0n) is 11.2. The predicted octanol–water partition coefficient (Wildman–Crippen LogP) is 3.74. The van der Waals surface area contributed by atoms with Gasteiger partial charge >= 0.3 is 0 Å². The summed E-state index contributed by atoms with van der Waals surface area (Å²) >= 11 is 3.43. The summed E-state index contributed by atoms with van der Waals surface area (Å²) in [7, 11) is 1.72. The molecule has 0 heterocycles. The molecule has 4 heteroatoms. The van der Waals surface area contributed by atoms with E-state index in [4.69, 9.17) is 4.74 Å². The van der Waals surface area contributed by atoms with E-state index >= 15 is 0 Å². The molecule has 0 aliphatic heterocycles. The van der Waals surface area contributed by atoms with Gasteiger partial charge in [-0.05, 0) is 35.6 Å². The second kappa shape index (κ2) is 7.22. The maximum atomic E-state index is 13.1. The summed E-state index contributed by atoms with van der Waals surface area (Å²) in [6.45, 7) is 6.69. The number of rotatable bonds is 7. The van der Waals surface area contributed by atoms with Crippen LogP contribution in [0.15, 0.2) is 22.7 Å². The number of benzene rings is 1. The van der Waals surface area contributed by atoms with Gasteiger partial charge in [-0.25, -0.2) is 4.39 Å². The molecule has 0 amide bonds. The smallest absolute Gasteiger partial charge is 0.123 e. The summed E-state index contributed by atoms with van der Waals surface area (Å²) in [5.74, 6) is -0.200. The van der Waals surface area contributed by atoms with E-state index in [0.29, 0.717) is 6.54 Å². The van der Waals surface area contributed by atoms with Crippen molar-refractivity contribution in [3.8, 4) is 0 Å². The SMILES string of the molecule is COCCC(C)(C)CNCc1cc(F)ccc1Br. The van der Waals surface area contributed by atoms with Crippen LogP contribution >= 0.6 is 15.9 Å². The maximum absolute atomic E-state index is 13.1. The van der Waals surface area contributed by atoms with Crippen LogP contribution in [-0.4, -0.2) is 20.3 Å². The van der Waals surface area contributed by atoms with Crippen LogP contribution in [0.25, 0.3) is 0 Å². The minimum absolute atomic E-state index is 0.176. The molecule has 0 radical (unpaired) electrons. The number of hydrogen-bond acceptors (Lipinski definition) is 2. The molecule has 0 saturated heterocycles. The third kappa shape index (κ3) is 5.46. The van der Waals surface area contributed by atoms with Crippen LogP contribution in [0.4, 0.5) is 4.39 Å². The minimum Gasteiger partial charge on any atom is -0.385 e. The predicted molar refractivity (Wildman–Crippen MR) is 76.1 cm³/mol. The topological polar surface area (TPSA) is 21.3 Å². The van der Waals surface area contributed by atoms with Gasteiger partial charge in [-0.2, -0.15) is 0 Å². The van der Waals surface area contributed by atoms with Gasteiger partial charge in [0.2, 0.25) is 0 Å². The van der Waals surface area contributed by atoms with Crippen molar-refractivity contribution in [1.82, 2.24) is 5.32 Å². The van der Waals surface area contributed by atoms with Gasteiger partial charge in [-0.15, -0.1) is 0 Å². The molecule has 1 aromatic rings. The van der Waals surface area contributed by atoms with Crippen molar-refractivity contribution in [3.63, 3.8) is 0 Å². The molecule has 0 aliphatic carbocycles. The third-order valence-corrected chi connectivity index (χ3v) is 3.68. The van der Waals surface area contributed by atoms with Crippen molar-refractivity contribution in [2.24, 2.45) is 5.41 Å². The summed E-state index contributed by atoms with van der Waals surface area (Å²) in [6.07, 6.45) is 1.00. The zero-order valence-corrected chi connectivity index (χ0v) is 12.8. The van der Waals surface area contributed by atoms with Crippen molar-refractivity contribution in [3.05, 3.63) is 34.1 Å². The Balaban J connectivity index is 2.43. The molecular weight excluding hydrogens is 297 g/mol. The first-order chi connectivity index (χ1) is 8.44. The molecule has 1 rings (SSSR count). The van der Waals surface area contributed by atoms with Crippen molar-refractivity contribution >= 4 is 15.9 Å². The Morgan fingerprint density at radius 1 is 1.39 bits per heavy atom. The Morgan fingerprint density at radius 2 is 2.11 bits per heavy atom. The second-order valence-corrected chi connectivity index (χ2v) is 6.10. The first kappa shape index (κ1) is 15.6. The quantitative estimate of drug-likeness (QED) is 0.827. The van der Waals surface area contributed by atoms with Gasteiger partial charge in [0.05, 0.1) is 0 Å². The summed E-state index contributed by atoms with van der Waals surface area (Å²) in [6, 6.07) is 4.75. The van der Waals surface area contributed by atoms with Gasteiger partial charge in [0.1, 0.15) is 5.82 Å². The molecule has 102 valence electrons. The van der Waals surface area contributed by atoms with Crippen molar-refractivity contribution in [2.75, 3.05) is 20.3 Å². The first-order valence-electron chi connectivity index (χ1n) is 6.08. The summed E-state index contributed by atoms with van der Waals surface area (Å²) in [4.78, 5) is 0. The molecule has 0 saturated carbocycles. The molecule has 0 bridgehead atoms. The normalized spacial score (nSPS) is 11.8. The van der Waals surface area contributed by atoms with Crippen LogP contribution in [-0.2, 0) is 11.3 Å². The minimum atomic E-state index is -0.200. The second-order valence-electron chi connectivity index (χ2n) is 5.25. The molecule has 0 spiro atoms. The fourth-order valence-electron chi connectivity index (χ4n) is 1.68. The van der Waals surface area contributed by atoms with E-state index in [2.05, 4.69) is 35.1 Å². The van der Waals surface area contributed by atoms with E-state index in [9.17, 15) is 4.39 Å². The van der Waals surface area contributed by atoms with E-state index in [1.807, 2.05) is 0 Å². The first-order valence-corrected chi connectivity index (χ1v) is 6.87. The van der Waals surface area contributed by atoms with Gasteiger partial charge in [0, 0.05) is 31.3 Å². The number of methoxy groups -OCH3 is 1. The number of halogens is 2. The Kier molecular flexibility index (Phi) is 6.26. The van der Waals surface area contributed by atoms with Gasteiger partial charge < -0.3 is 10.1 Å². The largest absolute Gasteiger partial charge is 0.385 e. The van der Waals surface area contributed by atoms with Crippen LogP contribution in [0, 0.1) is 11.2 Å². The molecule has 0 atom stereocenters. The van der Waals surface area contributed by atoms with Crippen LogP contribution in [0.2, 0.25) is 0 Å². The van der Waals surface area contributed by atoms with Gasteiger partial charge in [0.25, 0.3) is 0 Å².